The molecule has 0 aliphatic carbocycles. The Bertz CT molecular complexity index is 749. The van der Waals surface area contributed by atoms with E-state index in [1.165, 1.54) is 0 Å². The van der Waals surface area contributed by atoms with Crippen molar-refractivity contribution < 1.29 is 19.5 Å². The largest absolute Gasteiger partial charge is 0.481 e. The second kappa shape index (κ2) is 9.77. The van der Waals surface area contributed by atoms with Gasteiger partial charge in [0.25, 0.3) is 5.91 Å². The molecule has 0 saturated carbocycles. The maximum Gasteiger partial charge on any atom is 0.307 e. The van der Waals surface area contributed by atoms with Gasteiger partial charge in [-0.05, 0) is 17.7 Å². The Labute approximate surface area is 156 Å². The normalized spacial score (nSPS) is 12.8. The third-order valence-corrected chi connectivity index (χ3v) is 5.04. The van der Waals surface area contributed by atoms with E-state index in [-0.39, 0.29) is 16.8 Å². The molecule has 1 amide bonds. The summed E-state index contributed by atoms with van der Waals surface area (Å²) in [6.45, 7) is 1.55. The number of rotatable bonds is 8. The first-order valence-corrected chi connectivity index (χ1v) is 9.25. The molecule has 2 unspecified atom stereocenters. The highest BCUT2D eigenvalue weighted by Gasteiger charge is 2.24. The lowest BCUT2D eigenvalue weighted by Crippen LogP contribution is -2.41. The van der Waals surface area contributed by atoms with Gasteiger partial charge >= 0.3 is 5.97 Å². The molecule has 2 aromatic carbocycles. The topological polar surface area (TPSA) is 83.5 Å². The highest BCUT2D eigenvalue weighted by Crippen LogP contribution is 2.15. The van der Waals surface area contributed by atoms with Crippen molar-refractivity contribution in [3.8, 4) is 0 Å². The molecule has 0 heterocycles. The SMILES string of the molecule is CC(CSC(=O)C(Cc1ccccc1)NC(=O)c1ccccc1)C(=O)O. The zero-order chi connectivity index (χ0) is 18.9. The van der Waals surface area contributed by atoms with E-state index in [4.69, 9.17) is 5.11 Å². The van der Waals surface area contributed by atoms with Crippen molar-refractivity contribution in [3.63, 3.8) is 0 Å². The summed E-state index contributed by atoms with van der Waals surface area (Å²) in [7, 11) is 0. The summed E-state index contributed by atoms with van der Waals surface area (Å²) in [5, 5.41) is 11.5. The van der Waals surface area contributed by atoms with Gasteiger partial charge in [-0.3, -0.25) is 14.4 Å². The summed E-state index contributed by atoms with van der Waals surface area (Å²) in [6, 6.07) is 17.4. The van der Waals surface area contributed by atoms with Crippen LogP contribution in [0.4, 0.5) is 0 Å². The van der Waals surface area contributed by atoms with Crippen LogP contribution in [-0.4, -0.2) is 33.9 Å². The Morgan fingerprint density at radius 3 is 2.15 bits per heavy atom. The van der Waals surface area contributed by atoms with Crippen LogP contribution in [0.5, 0.6) is 0 Å². The van der Waals surface area contributed by atoms with E-state index in [1.807, 2.05) is 36.4 Å². The molecule has 0 fully saturated rings. The van der Waals surface area contributed by atoms with Crippen molar-refractivity contribution in [2.24, 2.45) is 5.92 Å². The molecule has 5 nitrogen and oxygen atoms in total. The summed E-state index contributed by atoms with van der Waals surface area (Å²) in [4.78, 5) is 36.0. The van der Waals surface area contributed by atoms with Crippen LogP contribution in [0.25, 0.3) is 0 Å². The molecule has 0 spiro atoms. The monoisotopic (exact) mass is 371 g/mol. The number of carboxylic acids is 1. The third kappa shape index (κ3) is 6.04. The van der Waals surface area contributed by atoms with Gasteiger partial charge in [0, 0.05) is 17.7 Å². The van der Waals surface area contributed by atoms with Crippen LogP contribution < -0.4 is 5.32 Å². The van der Waals surface area contributed by atoms with Gasteiger partial charge in [-0.25, -0.2) is 0 Å². The van der Waals surface area contributed by atoms with E-state index in [9.17, 15) is 14.4 Å². The van der Waals surface area contributed by atoms with Gasteiger partial charge in [0.15, 0.2) is 0 Å². The summed E-state index contributed by atoms with van der Waals surface area (Å²) in [6.07, 6.45) is 0.354. The molecule has 0 bridgehead atoms. The number of thioether (sulfide) groups is 1. The van der Waals surface area contributed by atoms with Crippen molar-refractivity contribution in [3.05, 3.63) is 71.8 Å². The number of benzene rings is 2. The molecule has 2 N–H and O–H groups in total. The molecule has 0 aliphatic rings. The van der Waals surface area contributed by atoms with Crippen LogP contribution in [-0.2, 0) is 16.0 Å². The van der Waals surface area contributed by atoms with E-state index >= 15 is 0 Å². The molecular weight excluding hydrogens is 350 g/mol. The van der Waals surface area contributed by atoms with Gasteiger partial charge in [-0.1, -0.05) is 67.2 Å². The minimum absolute atomic E-state index is 0.167. The molecule has 0 radical (unpaired) electrons. The minimum Gasteiger partial charge on any atom is -0.481 e. The molecule has 136 valence electrons. The molecule has 0 aromatic heterocycles. The summed E-state index contributed by atoms with van der Waals surface area (Å²) < 4.78 is 0. The molecule has 2 rings (SSSR count). The fraction of sp³-hybridized carbons (Fsp3) is 0.250. The number of hydrogen-bond acceptors (Lipinski definition) is 4. The van der Waals surface area contributed by atoms with E-state index < -0.39 is 17.9 Å². The highest BCUT2D eigenvalue weighted by atomic mass is 32.2. The Morgan fingerprint density at radius 2 is 1.58 bits per heavy atom. The lowest BCUT2D eigenvalue weighted by atomic mass is 10.1. The van der Waals surface area contributed by atoms with Gasteiger partial charge < -0.3 is 10.4 Å². The van der Waals surface area contributed by atoms with Gasteiger partial charge in [0.2, 0.25) is 5.12 Å². The van der Waals surface area contributed by atoms with Gasteiger partial charge in [0.05, 0.1) is 5.92 Å². The number of hydrogen-bond donors (Lipinski definition) is 2. The third-order valence-electron chi connectivity index (χ3n) is 3.81. The van der Waals surface area contributed by atoms with Crippen LogP contribution in [0.15, 0.2) is 60.7 Å². The fourth-order valence-electron chi connectivity index (χ4n) is 2.25. The number of carbonyl (C=O) groups is 3. The van der Waals surface area contributed by atoms with Crippen LogP contribution in [0.2, 0.25) is 0 Å². The molecule has 2 atom stereocenters. The lowest BCUT2D eigenvalue weighted by Gasteiger charge is -2.18. The van der Waals surface area contributed by atoms with Crippen LogP contribution in [0, 0.1) is 5.92 Å². The first-order chi connectivity index (χ1) is 12.5. The maximum absolute atomic E-state index is 12.6. The van der Waals surface area contributed by atoms with Gasteiger partial charge in [-0.2, -0.15) is 0 Å². The lowest BCUT2D eigenvalue weighted by molar-refractivity contribution is -0.140. The second-order valence-corrected chi connectivity index (χ2v) is 6.98. The number of carbonyl (C=O) groups excluding carboxylic acids is 2. The molecule has 2 aromatic rings. The van der Waals surface area contributed by atoms with Crippen molar-refractivity contribution in [2.75, 3.05) is 5.75 Å². The van der Waals surface area contributed by atoms with Crippen molar-refractivity contribution >= 4 is 28.8 Å². The molecular formula is C20H21NO4S. The molecule has 26 heavy (non-hydrogen) atoms. The van der Waals surface area contributed by atoms with E-state index in [2.05, 4.69) is 5.32 Å². The Kier molecular flexibility index (Phi) is 7.41. The summed E-state index contributed by atoms with van der Waals surface area (Å²) in [5.41, 5.74) is 1.40. The number of amides is 1. The fourth-order valence-corrected chi connectivity index (χ4v) is 3.15. The predicted octanol–water partition coefficient (Wildman–Crippen LogP) is 3.01. The smallest absolute Gasteiger partial charge is 0.307 e. The van der Waals surface area contributed by atoms with Crippen LogP contribution in [0.3, 0.4) is 0 Å². The molecule has 0 saturated heterocycles. The Hall–Kier alpha value is -2.60. The summed E-state index contributed by atoms with van der Waals surface area (Å²) in [5.74, 6) is -1.74. The second-order valence-electron chi connectivity index (χ2n) is 5.95. The number of aliphatic carboxylic acids is 1. The first kappa shape index (κ1) is 19.7. The standard InChI is InChI=1S/C20H21NO4S/c1-14(19(23)24)13-26-20(25)17(12-15-8-4-2-5-9-15)21-18(22)16-10-6-3-7-11-16/h2-11,14,17H,12-13H2,1H3,(H,21,22)(H,23,24). The van der Waals surface area contributed by atoms with E-state index in [1.54, 1.807) is 31.2 Å². The van der Waals surface area contributed by atoms with Crippen LogP contribution in [0.1, 0.15) is 22.8 Å². The summed E-state index contributed by atoms with van der Waals surface area (Å²) >= 11 is 0.943. The first-order valence-electron chi connectivity index (χ1n) is 8.26. The van der Waals surface area contributed by atoms with E-state index in [0.29, 0.717) is 12.0 Å². The quantitative estimate of drug-likeness (QED) is 0.745. The van der Waals surface area contributed by atoms with Crippen molar-refractivity contribution in [1.29, 1.82) is 0 Å². The number of nitrogens with one attached hydrogen (secondary N) is 1. The highest BCUT2D eigenvalue weighted by molar-refractivity contribution is 8.13. The van der Waals surface area contributed by atoms with Gasteiger partial charge in [0.1, 0.15) is 6.04 Å². The average Bonchev–Trinajstić information content (AvgIpc) is 2.66. The zero-order valence-corrected chi connectivity index (χ0v) is 15.2. The molecule has 6 heteroatoms. The van der Waals surface area contributed by atoms with E-state index in [0.717, 1.165) is 17.3 Å². The predicted molar refractivity (Wildman–Crippen MR) is 102 cm³/mol. The Balaban J connectivity index is 2.09. The minimum atomic E-state index is -0.946. The van der Waals surface area contributed by atoms with Crippen molar-refractivity contribution in [2.45, 2.75) is 19.4 Å². The zero-order valence-electron chi connectivity index (χ0n) is 14.4. The maximum atomic E-state index is 12.6. The number of carboxylic acid groups (broad SMARTS) is 1. The van der Waals surface area contributed by atoms with Crippen LogP contribution >= 0.6 is 11.8 Å². The van der Waals surface area contributed by atoms with Gasteiger partial charge in [-0.15, -0.1) is 0 Å². The average molecular weight is 371 g/mol. The van der Waals surface area contributed by atoms with Crippen molar-refractivity contribution in [1.82, 2.24) is 5.32 Å². The Morgan fingerprint density at radius 1 is 1.00 bits per heavy atom. The molecule has 0 aliphatic heterocycles.